The van der Waals surface area contributed by atoms with Gasteiger partial charge < -0.3 is 5.32 Å². The Morgan fingerprint density at radius 1 is 1.00 bits per heavy atom. The maximum absolute atomic E-state index is 12.7. The zero-order valence-electron chi connectivity index (χ0n) is 17.4. The van der Waals surface area contributed by atoms with Crippen molar-refractivity contribution in [3.8, 4) is 0 Å². The van der Waals surface area contributed by atoms with Crippen LogP contribution in [0.25, 0.3) is 16.8 Å². The molecule has 0 atom stereocenters. The molecule has 0 aliphatic carbocycles. The van der Waals surface area contributed by atoms with E-state index in [-0.39, 0.29) is 16.3 Å². The van der Waals surface area contributed by atoms with Crippen molar-refractivity contribution in [2.75, 3.05) is 25.9 Å². The van der Waals surface area contributed by atoms with Gasteiger partial charge in [0.05, 0.1) is 9.79 Å². The van der Waals surface area contributed by atoms with Gasteiger partial charge in [-0.05, 0) is 36.8 Å². The van der Waals surface area contributed by atoms with Crippen molar-refractivity contribution >= 4 is 36.7 Å². The third-order valence-electron chi connectivity index (χ3n) is 4.65. The fourth-order valence-corrected chi connectivity index (χ4v) is 5.00. The first kappa shape index (κ1) is 23.1. The second-order valence-electron chi connectivity index (χ2n) is 7.26. The van der Waals surface area contributed by atoms with Gasteiger partial charge in [-0.25, -0.2) is 21.6 Å². The van der Waals surface area contributed by atoms with E-state index in [0.29, 0.717) is 18.5 Å². The number of pyridine rings is 1. The molecule has 1 aromatic heterocycles. The van der Waals surface area contributed by atoms with Gasteiger partial charge in [-0.1, -0.05) is 35.9 Å². The number of nitrogens with zero attached hydrogens (tertiary/aromatic N) is 1. The molecule has 3 aromatic rings. The number of nitrogens with one attached hydrogen (secondary N) is 2. The third-order valence-corrected chi connectivity index (χ3v) is 7.30. The van der Waals surface area contributed by atoms with Crippen LogP contribution in [0.2, 0.25) is 0 Å². The minimum Gasteiger partial charge on any atom is -0.312 e. The molecule has 9 heteroatoms. The van der Waals surface area contributed by atoms with Gasteiger partial charge in [-0.15, -0.1) is 0 Å². The Hall–Kier alpha value is -2.59. The van der Waals surface area contributed by atoms with Crippen LogP contribution in [-0.4, -0.2) is 47.7 Å². The minimum absolute atomic E-state index is 0.237. The second-order valence-corrected chi connectivity index (χ2v) is 11.0. The second kappa shape index (κ2) is 9.69. The molecule has 0 saturated carbocycles. The summed E-state index contributed by atoms with van der Waals surface area (Å²) in [5.41, 5.74) is 1.94. The first-order valence-electron chi connectivity index (χ1n) is 9.67. The predicted molar refractivity (Wildman–Crippen MR) is 123 cm³/mol. The van der Waals surface area contributed by atoms with Crippen molar-refractivity contribution < 1.29 is 16.8 Å². The Labute approximate surface area is 183 Å². The number of hydrogen-bond acceptors (Lipinski definition) is 6. The summed E-state index contributed by atoms with van der Waals surface area (Å²) >= 11 is 0. The largest absolute Gasteiger partial charge is 0.312 e. The molecule has 0 spiro atoms. The highest BCUT2D eigenvalue weighted by Crippen LogP contribution is 2.21. The van der Waals surface area contributed by atoms with Gasteiger partial charge in [-0.3, -0.25) is 4.98 Å². The van der Waals surface area contributed by atoms with Gasteiger partial charge in [0, 0.05) is 49.1 Å². The van der Waals surface area contributed by atoms with Crippen LogP contribution in [0.5, 0.6) is 0 Å². The van der Waals surface area contributed by atoms with E-state index in [4.69, 9.17) is 0 Å². The number of sulfonamides is 1. The van der Waals surface area contributed by atoms with E-state index in [0.717, 1.165) is 16.5 Å². The van der Waals surface area contributed by atoms with E-state index >= 15 is 0 Å². The van der Waals surface area contributed by atoms with Crippen molar-refractivity contribution in [3.05, 3.63) is 72.1 Å². The van der Waals surface area contributed by atoms with E-state index in [1.54, 1.807) is 54.9 Å². The summed E-state index contributed by atoms with van der Waals surface area (Å²) in [6.45, 7) is 3.24. The van der Waals surface area contributed by atoms with Crippen molar-refractivity contribution in [2.45, 2.75) is 16.7 Å². The molecule has 0 unspecified atom stereocenters. The fraction of sp³-hybridized carbons (Fsp3) is 0.227. The summed E-state index contributed by atoms with van der Waals surface area (Å²) in [7, 11) is -6.84. The lowest BCUT2D eigenvalue weighted by atomic mass is 10.1. The first-order valence-corrected chi connectivity index (χ1v) is 13.0. The third kappa shape index (κ3) is 6.20. The van der Waals surface area contributed by atoms with Crippen molar-refractivity contribution in [3.63, 3.8) is 0 Å². The van der Waals surface area contributed by atoms with Gasteiger partial charge in [0.1, 0.15) is 0 Å². The molecule has 2 aromatic carbocycles. The fourth-order valence-electron chi connectivity index (χ4n) is 3.11. The maximum atomic E-state index is 12.7. The van der Waals surface area contributed by atoms with E-state index in [1.807, 2.05) is 19.1 Å². The highest BCUT2D eigenvalue weighted by molar-refractivity contribution is 7.90. The molecule has 31 heavy (non-hydrogen) atoms. The number of benzene rings is 2. The zero-order valence-corrected chi connectivity index (χ0v) is 19.0. The molecule has 0 fully saturated rings. The lowest BCUT2D eigenvalue weighted by Gasteiger charge is -2.10. The average molecular weight is 460 g/mol. The van der Waals surface area contributed by atoms with Gasteiger partial charge in [-0.2, -0.15) is 0 Å². The normalized spacial score (nSPS) is 12.9. The van der Waals surface area contributed by atoms with E-state index < -0.39 is 19.9 Å². The van der Waals surface area contributed by atoms with Gasteiger partial charge in [0.25, 0.3) is 0 Å². The molecule has 3 rings (SSSR count). The SMILES string of the molecule is CC(=Cc1ccc(S(C)(=O)=O)cc1)CNCCNS(=O)(=O)c1cccc2cnccc12. The molecule has 0 radical (unpaired) electrons. The Morgan fingerprint density at radius 3 is 2.45 bits per heavy atom. The standard InChI is InChI=1S/C22H25N3O4S2/c1-17(14-18-6-8-20(9-7-18)30(2,26)27)15-24-12-13-25-31(28,29)22-5-3-4-19-16-23-11-10-21(19)22/h3-11,14,16,24-25H,12-13,15H2,1-2H3. The van der Waals surface area contributed by atoms with E-state index in [1.165, 1.54) is 6.26 Å². The molecule has 0 bridgehead atoms. The predicted octanol–water partition coefficient (Wildman–Crippen LogP) is 2.61. The topological polar surface area (TPSA) is 105 Å². The Morgan fingerprint density at radius 2 is 1.74 bits per heavy atom. The molecule has 0 saturated heterocycles. The van der Waals surface area contributed by atoms with Gasteiger partial charge in [0.2, 0.25) is 10.0 Å². The Bertz CT molecular complexity index is 1290. The summed E-state index contributed by atoms with van der Waals surface area (Å²) < 4.78 is 51.0. The first-order chi connectivity index (χ1) is 14.7. The summed E-state index contributed by atoms with van der Waals surface area (Å²) in [5, 5.41) is 4.61. The minimum atomic E-state index is -3.63. The molecular weight excluding hydrogens is 434 g/mol. The Kier molecular flexibility index (Phi) is 7.22. The smallest absolute Gasteiger partial charge is 0.241 e. The lowest BCUT2D eigenvalue weighted by molar-refractivity contribution is 0.579. The number of fused-ring (bicyclic) bond motifs is 1. The highest BCUT2D eigenvalue weighted by Gasteiger charge is 2.16. The van der Waals surface area contributed by atoms with Crippen LogP contribution in [0.15, 0.2) is 76.3 Å². The number of hydrogen-bond donors (Lipinski definition) is 2. The van der Waals surface area contributed by atoms with Crippen molar-refractivity contribution in [1.29, 1.82) is 0 Å². The van der Waals surface area contributed by atoms with Crippen molar-refractivity contribution in [1.82, 2.24) is 15.0 Å². The van der Waals surface area contributed by atoms with Crippen LogP contribution in [-0.2, 0) is 19.9 Å². The van der Waals surface area contributed by atoms with E-state index in [2.05, 4.69) is 15.0 Å². The maximum Gasteiger partial charge on any atom is 0.241 e. The van der Waals surface area contributed by atoms with Crippen LogP contribution in [0.3, 0.4) is 0 Å². The summed E-state index contributed by atoms with van der Waals surface area (Å²) in [5.74, 6) is 0. The lowest BCUT2D eigenvalue weighted by Crippen LogP contribution is -2.32. The average Bonchev–Trinajstić information content (AvgIpc) is 2.72. The van der Waals surface area contributed by atoms with Crippen LogP contribution in [0.1, 0.15) is 12.5 Å². The molecule has 2 N–H and O–H groups in total. The molecule has 0 amide bonds. The van der Waals surface area contributed by atoms with Crippen LogP contribution >= 0.6 is 0 Å². The zero-order chi connectivity index (χ0) is 22.5. The molecule has 7 nitrogen and oxygen atoms in total. The van der Waals surface area contributed by atoms with Crippen molar-refractivity contribution in [2.24, 2.45) is 0 Å². The summed E-state index contributed by atoms with van der Waals surface area (Å²) in [4.78, 5) is 4.55. The highest BCUT2D eigenvalue weighted by atomic mass is 32.2. The number of sulfone groups is 1. The molecule has 1 heterocycles. The van der Waals surface area contributed by atoms with Crippen LogP contribution < -0.4 is 10.0 Å². The van der Waals surface area contributed by atoms with Crippen LogP contribution in [0.4, 0.5) is 0 Å². The molecule has 0 aliphatic heterocycles. The van der Waals surface area contributed by atoms with Gasteiger partial charge in [0.15, 0.2) is 9.84 Å². The van der Waals surface area contributed by atoms with E-state index in [9.17, 15) is 16.8 Å². The quantitative estimate of drug-likeness (QED) is 0.477. The Balaban J connectivity index is 1.52. The molecule has 0 aliphatic rings. The number of aromatic nitrogens is 1. The molecule has 164 valence electrons. The summed E-state index contributed by atoms with van der Waals surface area (Å²) in [6.07, 6.45) is 6.35. The molecular formula is C22H25N3O4S2. The van der Waals surface area contributed by atoms with Crippen LogP contribution in [0, 0.1) is 0 Å². The summed E-state index contributed by atoms with van der Waals surface area (Å²) in [6, 6.07) is 13.5. The number of rotatable bonds is 9. The van der Waals surface area contributed by atoms with Gasteiger partial charge >= 0.3 is 0 Å². The monoisotopic (exact) mass is 459 g/mol.